The summed E-state index contributed by atoms with van der Waals surface area (Å²) in [5.74, 6) is 1.02. The third-order valence-electron chi connectivity index (χ3n) is 3.29. The number of hydrogen-bond donors (Lipinski definition) is 1. The van der Waals surface area contributed by atoms with Crippen LogP contribution in [0.5, 0.6) is 11.5 Å². The van der Waals surface area contributed by atoms with Crippen LogP contribution in [0.2, 0.25) is 0 Å². The van der Waals surface area contributed by atoms with Crippen molar-refractivity contribution in [2.75, 3.05) is 18.5 Å². The van der Waals surface area contributed by atoms with Gasteiger partial charge in [0.05, 0.1) is 13.2 Å². The number of nitrogens with one attached hydrogen (secondary N) is 1. The Labute approximate surface area is 147 Å². The lowest BCUT2D eigenvalue weighted by atomic mass is 10.1. The fourth-order valence-corrected chi connectivity index (χ4v) is 2.14. The highest BCUT2D eigenvalue weighted by molar-refractivity contribution is 6.09. The van der Waals surface area contributed by atoms with Crippen LogP contribution in [0.4, 0.5) is 5.69 Å². The Kier molecular flexibility index (Phi) is 6.61. The van der Waals surface area contributed by atoms with Crippen molar-refractivity contribution < 1.29 is 14.3 Å². The van der Waals surface area contributed by atoms with Gasteiger partial charge in [0.25, 0.3) is 5.91 Å². The summed E-state index contributed by atoms with van der Waals surface area (Å²) in [6.45, 7) is 4.98. The highest BCUT2D eigenvalue weighted by Gasteiger charge is 2.09. The Balaban J connectivity index is 2.08. The number of nitriles is 1. The number of hydrogen-bond acceptors (Lipinski definition) is 4. The molecule has 5 heteroatoms. The number of carbonyl (C=O) groups excluding carboxylic acids is 1. The molecule has 25 heavy (non-hydrogen) atoms. The predicted octanol–water partition coefficient (Wildman–Crippen LogP) is 4.03. The standard InChI is InChI=1S/C20H20N2O3/c1-3-24-18-9-5-15(6-10-18)13-16(14-21)20(23)22-17-7-11-19(12-8-17)25-4-2/h5-13H,3-4H2,1-2H3,(H,22,23)/b16-13-. The van der Waals surface area contributed by atoms with Gasteiger partial charge in [0.2, 0.25) is 0 Å². The van der Waals surface area contributed by atoms with E-state index in [-0.39, 0.29) is 5.57 Å². The summed E-state index contributed by atoms with van der Waals surface area (Å²) in [6, 6.07) is 16.1. The second kappa shape index (κ2) is 9.14. The van der Waals surface area contributed by atoms with Crippen molar-refractivity contribution >= 4 is 17.7 Å². The third-order valence-corrected chi connectivity index (χ3v) is 3.29. The van der Waals surface area contributed by atoms with E-state index in [9.17, 15) is 10.1 Å². The van der Waals surface area contributed by atoms with E-state index in [1.165, 1.54) is 0 Å². The largest absolute Gasteiger partial charge is 0.494 e. The van der Waals surface area contributed by atoms with Crippen molar-refractivity contribution in [3.05, 3.63) is 59.7 Å². The van der Waals surface area contributed by atoms with Crippen molar-refractivity contribution in [2.24, 2.45) is 0 Å². The molecule has 0 aliphatic carbocycles. The molecule has 0 saturated carbocycles. The van der Waals surface area contributed by atoms with Crippen LogP contribution in [-0.2, 0) is 4.79 Å². The van der Waals surface area contributed by atoms with Gasteiger partial charge in [-0.1, -0.05) is 12.1 Å². The molecule has 1 N–H and O–H groups in total. The predicted molar refractivity (Wildman–Crippen MR) is 97.4 cm³/mol. The van der Waals surface area contributed by atoms with Crippen LogP contribution in [0.3, 0.4) is 0 Å². The molecule has 0 radical (unpaired) electrons. The average molecular weight is 336 g/mol. The smallest absolute Gasteiger partial charge is 0.266 e. The summed E-state index contributed by atoms with van der Waals surface area (Å²) in [6.07, 6.45) is 1.54. The summed E-state index contributed by atoms with van der Waals surface area (Å²) in [5.41, 5.74) is 1.38. The van der Waals surface area contributed by atoms with Gasteiger partial charge in [-0.05, 0) is 61.9 Å². The van der Waals surface area contributed by atoms with E-state index in [1.807, 2.05) is 19.9 Å². The molecule has 5 nitrogen and oxygen atoms in total. The zero-order valence-electron chi connectivity index (χ0n) is 14.3. The van der Waals surface area contributed by atoms with Crippen LogP contribution in [0.1, 0.15) is 19.4 Å². The Morgan fingerprint density at radius 2 is 1.52 bits per heavy atom. The Bertz CT molecular complexity index is 772. The molecule has 0 spiro atoms. The molecule has 0 fully saturated rings. The molecule has 2 aromatic carbocycles. The monoisotopic (exact) mass is 336 g/mol. The van der Waals surface area contributed by atoms with Crippen molar-refractivity contribution in [2.45, 2.75) is 13.8 Å². The number of amides is 1. The van der Waals surface area contributed by atoms with Crippen LogP contribution in [0, 0.1) is 11.3 Å². The highest BCUT2D eigenvalue weighted by Crippen LogP contribution is 2.18. The first kappa shape index (κ1) is 18.1. The maximum absolute atomic E-state index is 12.3. The van der Waals surface area contributed by atoms with Gasteiger partial charge in [0, 0.05) is 5.69 Å². The van der Waals surface area contributed by atoms with Crippen LogP contribution < -0.4 is 14.8 Å². The number of carbonyl (C=O) groups is 1. The Morgan fingerprint density at radius 1 is 1.00 bits per heavy atom. The van der Waals surface area contributed by atoms with Crippen molar-refractivity contribution in [1.29, 1.82) is 5.26 Å². The molecule has 0 unspecified atom stereocenters. The molecule has 2 aromatic rings. The van der Waals surface area contributed by atoms with E-state index in [4.69, 9.17) is 9.47 Å². The lowest BCUT2D eigenvalue weighted by Gasteiger charge is -2.07. The van der Waals surface area contributed by atoms with Gasteiger partial charge in [-0.15, -0.1) is 0 Å². The normalized spacial score (nSPS) is 10.7. The molecule has 1 amide bonds. The number of anilines is 1. The zero-order valence-corrected chi connectivity index (χ0v) is 14.3. The molecule has 128 valence electrons. The van der Waals surface area contributed by atoms with E-state index in [0.717, 1.165) is 17.1 Å². The van der Waals surface area contributed by atoms with Gasteiger partial charge in [-0.2, -0.15) is 5.26 Å². The summed E-state index contributed by atoms with van der Waals surface area (Å²) < 4.78 is 10.7. The highest BCUT2D eigenvalue weighted by atomic mass is 16.5. The average Bonchev–Trinajstić information content (AvgIpc) is 2.63. The van der Waals surface area contributed by atoms with Crippen LogP contribution in [0.25, 0.3) is 6.08 Å². The SMILES string of the molecule is CCOc1ccc(/C=C(/C#N)C(=O)Nc2ccc(OCC)cc2)cc1. The molecular formula is C20H20N2O3. The maximum atomic E-state index is 12.3. The number of rotatable bonds is 7. The molecular weight excluding hydrogens is 316 g/mol. The van der Waals surface area contributed by atoms with Crippen molar-refractivity contribution in [3.63, 3.8) is 0 Å². The first-order valence-corrected chi connectivity index (χ1v) is 8.05. The molecule has 0 aromatic heterocycles. The van der Waals surface area contributed by atoms with E-state index in [0.29, 0.717) is 18.9 Å². The second-order valence-electron chi connectivity index (χ2n) is 5.08. The first-order valence-electron chi connectivity index (χ1n) is 8.05. The number of ether oxygens (including phenoxy) is 2. The molecule has 0 saturated heterocycles. The van der Waals surface area contributed by atoms with Crippen molar-refractivity contribution in [3.8, 4) is 17.6 Å². The Hall–Kier alpha value is -3.26. The van der Waals surface area contributed by atoms with E-state index >= 15 is 0 Å². The van der Waals surface area contributed by atoms with E-state index < -0.39 is 5.91 Å². The topological polar surface area (TPSA) is 71.3 Å². The Morgan fingerprint density at radius 3 is 2.00 bits per heavy atom. The molecule has 0 aliphatic heterocycles. The minimum Gasteiger partial charge on any atom is -0.494 e. The van der Waals surface area contributed by atoms with E-state index in [2.05, 4.69) is 5.32 Å². The van der Waals surface area contributed by atoms with Gasteiger partial charge in [-0.3, -0.25) is 4.79 Å². The van der Waals surface area contributed by atoms with Gasteiger partial charge in [-0.25, -0.2) is 0 Å². The van der Waals surface area contributed by atoms with Crippen LogP contribution >= 0.6 is 0 Å². The van der Waals surface area contributed by atoms with E-state index in [1.54, 1.807) is 54.6 Å². The number of benzene rings is 2. The van der Waals surface area contributed by atoms with Crippen molar-refractivity contribution in [1.82, 2.24) is 0 Å². The third kappa shape index (κ3) is 5.40. The van der Waals surface area contributed by atoms with Gasteiger partial charge in [0.15, 0.2) is 0 Å². The molecule has 0 atom stereocenters. The fraction of sp³-hybridized carbons (Fsp3) is 0.200. The lowest BCUT2D eigenvalue weighted by Crippen LogP contribution is -2.13. The summed E-state index contributed by atoms with van der Waals surface area (Å²) in [5, 5.41) is 12.0. The lowest BCUT2D eigenvalue weighted by molar-refractivity contribution is -0.112. The van der Waals surface area contributed by atoms with Crippen LogP contribution in [0.15, 0.2) is 54.1 Å². The summed E-state index contributed by atoms with van der Waals surface area (Å²) in [7, 11) is 0. The van der Waals surface area contributed by atoms with Gasteiger partial charge in [0.1, 0.15) is 23.1 Å². The molecule has 0 aliphatic rings. The summed E-state index contributed by atoms with van der Waals surface area (Å²) >= 11 is 0. The number of nitrogens with zero attached hydrogens (tertiary/aromatic N) is 1. The van der Waals surface area contributed by atoms with Gasteiger partial charge >= 0.3 is 0 Å². The maximum Gasteiger partial charge on any atom is 0.266 e. The quantitative estimate of drug-likeness (QED) is 0.612. The van der Waals surface area contributed by atoms with Gasteiger partial charge < -0.3 is 14.8 Å². The zero-order chi connectivity index (χ0) is 18.1. The molecule has 0 bridgehead atoms. The minimum absolute atomic E-state index is 0.0260. The molecule has 0 heterocycles. The minimum atomic E-state index is -0.458. The summed E-state index contributed by atoms with van der Waals surface area (Å²) in [4.78, 5) is 12.3. The second-order valence-corrected chi connectivity index (χ2v) is 5.08. The fourth-order valence-electron chi connectivity index (χ4n) is 2.14. The first-order chi connectivity index (χ1) is 12.2. The van der Waals surface area contributed by atoms with Crippen LogP contribution in [-0.4, -0.2) is 19.1 Å². The molecule has 2 rings (SSSR count).